The Morgan fingerprint density at radius 2 is 2.12 bits per heavy atom. The van der Waals surface area contributed by atoms with Crippen LogP contribution in [0.15, 0.2) is 42.7 Å². The van der Waals surface area contributed by atoms with E-state index >= 15 is 0 Å². The highest BCUT2D eigenvalue weighted by atomic mass is 16.5. The lowest BCUT2D eigenvalue weighted by Crippen LogP contribution is -2.05. The van der Waals surface area contributed by atoms with Crippen molar-refractivity contribution in [3.63, 3.8) is 0 Å². The van der Waals surface area contributed by atoms with Gasteiger partial charge in [0, 0.05) is 36.1 Å². The maximum absolute atomic E-state index is 12.4. The molecular formula is C18H19N3O3. The highest BCUT2D eigenvalue weighted by molar-refractivity contribution is 5.99. The summed E-state index contributed by atoms with van der Waals surface area (Å²) >= 11 is 0. The number of hydrogen-bond donors (Lipinski definition) is 1. The van der Waals surface area contributed by atoms with Crippen molar-refractivity contribution in [2.75, 3.05) is 13.7 Å². The molecule has 6 heteroatoms. The molecular weight excluding hydrogens is 306 g/mol. The summed E-state index contributed by atoms with van der Waals surface area (Å²) in [6.07, 6.45) is 3.58. The number of hydrogen-bond acceptors (Lipinski definition) is 5. The largest absolute Gasteiger partial charge is 0.481 e. The second-order valence-corrected chi connectivity index (χ2v) is 5.25. The first kappa shape index (κ1) is 16.0. The van der Waals surface area contributed by atoms with Crippen LogP contribution in [0.2, 0.25) is 0 Å². The summed E-state index contributed by atoms with van der Waals surface area (Å²) in [7, 11) is 1.56. The molecule has 0 unspecified atom stereocenters. The van der Waals surface area contributed by atoms with E-state index in [9.17, 15) is 4.79 Å². The van der Waals surface area contributed by atoms with E-state index in [-0.39, 0.29) is 5.97 Å². The van der Waals surface area contributed by atoms with E-state index in [0.29, 0.717) is 24.6 Å². The maximum Gasteiger partial charge on any atom is 0.340 e. The van der Waals surface area contributed by atoms with Crippen molar-refractivity contribution in [3.8, 4) is 17.1 Å². The van der Waals surface area contributed by atoms with E-state index in [1.807, 2.05) is 34.9 Å². The average Bonchev–Trinajstić information content (AvgIpc) is 3.00. The standard InChI is InChI=1S/C18H19N3O3/c1-3-24-18(22)15-9-14-8-12(10-19)6-7-21(14)17(15)13-4-5-16(23-2)20-11-13/h4-9,11H,3,10,19H2,1-2H3. The Balaban J connectivity index is 2.21. The van der Waals surface area contributed by atoms with Gasteiger partial charge in [0.05, 0.1) is 25.0 Å². The summed E-state index contributed by atoms with van der Waals surface area (Å²) in [5.74, 6) is 0.157. The summed E-state index contributed by atoms with van der Waals surface area (Å²) in [5, 5.41) is 0. The Hall–Kier alpha value is -2.86. The normalized spacial score (nSPS) is 10.8. The van der Waals surface area contributed by atoms with E-state index < -0.39 is 0 Å². The molecule has 0 aliphatic heterocycles. The second kappa shape index (κ2) is 6.72. The smallest absolute Gasteiger partial charge is 0.340 e. The van der Waals surface area contributed by atoms with Crippen molar-refractivity contribution in [3.05, 3.63) is 53.9 Å². The zero-order valence-electron chi connectivity index (χ0n) is 13.7. The predicted octanol–water partition coefficient (Wildman–Crippen LogP) is 2.65. The second-order valence-electron chi connectivity index (χ2n) is 5.25. The van der Waals surface area contributed by atoms with Crippen LogP contribution in [0.4, 0.5) is 0 Å². The molecule has 0 aliphatic carbocycles. The van der Waals surface area contributed by atoms with Crippen molar-refractivity contribution in [1.29, 1.82) is 0 Å². The fourth-order valence-electron chi connectivity index (χ4n) is 2.65. The summed E-state index contributed by atoms with van der Waals surface area (Å²) < 4.78 is 12.2. The van der Waals surface area contributed by atoms with Crippen LogP contribution in [0.5, 0.6) is 5.88 Å². The van der Waals surface area contributed by atoms with Gasteiger partial charge in [-0.15, -0.1) is 0 Å². The Kier molecular flexibility index (Phi) is 4.48. The number of rotatable bonds is 5. The molecule has 6 nitrogen and oxygen atoms in total. The molecule has 0 radical (unpaired) electrons. The maximum atomic E-state index is 12.4. The number of nitrogens with zero attached hydrogens (tertiary/aromatic N) is 2. The first-order valence-electron chi connectivity index (χ1n) is 7.69. The number of carbonyl (C=O) groups excluding carboxylic acids is 1. The van der Waals surface area contributed by atoms with Crippen LogP contribution in [0.1, 0.15) is 22.8 Å². The molecule has 3 aromatic rings. The zero-order chi connectivity index (χ0) is 17.1. The molecule has 0 amide bonds. The Labute approximate surface area is 139 Å². The fraction of sp³-hybridized carbons (Fsp3) is 0.222. The minimum Gasteiger partial charge on any atom is -0.481 e. The SMILES string of the molecule is CCOC(=O)c1cc2cc(CN)ccn2c1-c1ccc(OC)nc1. The number of pyridine rings is 2. The summed E-state index contributed by atoms with van der Waals surface area (Å²) in [5.41, 5.74) is 9.63. The topological polar surface area (TPSA) is 78.9 Å². The average molecular weight is 325 g/mol. The molecule has 124 valence electrons. The van der Waals surface area contributed by atoms with Gasteiger partial charge in [0.15, 0.2) is 0 Å². The Morgan fingerprint density at radius 1 is 1.29 bits per heavy atom. The van der Waals surface area contributed by atoms with Crippen molar-refractivity contribution < 1.29 is 14.3 Å². The van der Waals surface area contributed by atoms with Gasteiger partial charge < -0.3 is 19.6 Å². The molecule has 0 aliphatic rings. The van der Waals surface area contributed by atoms with Crippen LogP contribution in [0.25, 0.3) is 16.8 Å². The first-order chi connectivity index (χ1) is 11.7. The molecule has 3 aromatic heterocycles. The summed E-state index contributed by atoms with van der Waals surface area (Å²) in [6, 6.07) is 9.34. The summed E-state index contributed by atoms with van der Waals surface area (Å²) in [6.45, 7) is 2.55. The lowest BCUT2D eigenvalue weighted by molar-refractivity contribution is 0.0527. The minimum absolute atomic E-state index is 0.319. The third-order valence-electron chi connectivity index (χ3n) is 3.79. The molecule has 0 saturated carbocycles. The van der Waals surface area contributed by atoms with Crippen LogP contribution in [0, 0.1) is 0 Å². The molecule has 0 bridgehead atoms. The van der Waals surface area contributed by atoms with Gasteiger partial charge in [-0.3, -0.25) is 0 Å². The molecule has 0 spiro atoms. The van der Waals surface area contributed by atoms with Crippen LogP contribution in [-0.4, -0.2) is 29.1 Å². The number of esters is 1. The van der Waals surface area contributed by atoms with Crippen molar-refractivity contribution in [2.45, 2.75) is 13.5 Å². The van der Waals surface area contributed by atoms with Gasteiger partial charge in [0.25, 0.3) is 0 Å². The highest BCUT2D eigenvalue weighted by Gasteiger charge is 2.20. The van der Waals surface area contributed by atoms with E-state index in [1.165, 1.54) is 0 Å². The van der Waals surface area contributed by atoms with Crippen molar-refractivity contribution in [1.82, 2.24) is 9.38 Å². The molecule has 3 rings (SSSR count). The van der Waals surface area contributed by atoms with E-state index in [0.717, 1.165) is 22.3 Å². The lowest BCUT2D eigenvalue weighted by atomic mass is 10.1. The monoisotopic (exact) mass is 325 g/mol. The molecule has 0 saturated heterocycles. The number of ether oxygens (including phenoxy) is 2. The molecule has 24 heavy (non-hydrogen) atoms. The van der Waals surface area contributed by atoms with Crippen molar-refractivity contribution >= 4 is 11.5 Å². The van der Waals surface area contributed by atoms with Crippen LogP contribution in [-0.2, 0) is 11.3 Å². The van der Waals surface area contributed by atoms with Crippen molar-refractivity contribution in [2.24, 2.45) is 5.73 Å². The van der Waals surface area contributed by atoms with Gasteiger partial charge in [0.1, 0.15) is 0 Å². The molecule has 3 heterocycles. The van der Waals surface area contributed by atoms with Gasteiger partial charge in [-0.1, -0.05) is 0 Å². The number of fused-ring (bicyclic) bond motifs is 1. The number of carbonyl (C=O) groups is 1. The third-order valence-corrected chi connectivity index (χ3v) is 3.79. The quantitative estimate of drug-likeness (QED) is 0.730. The Bertz CT molecular complexity index is 869. The first-order valence-corrected chi connectivity index (χ1v) is 7.69. The summed E-state index contributed by atoms with van der Waals surface area (Å²) in [4.78, 5) is 16.6. The minimum atomic E-state index is -0.360. The molecule has 0 aromatic carbocycles. The fourth-order valence-corrected chi connectivity index (χ4v) is 2.65. The zero-order valence-corrected chi connectivity index (χ0v) is 13.7. The lowest BCUT2D eigenvalue weighted by Gasteiger charge is -2.08. The van der Waals surface area contributed by atoms with Gasteiger partial charge in [-0.25, -0.2) is 9.78 Å². The van der Waals surface area contributed by atoms with E-state index in [2.05, 4.69) is 4.98 Å². The third kappa shape index (κ3) is 2.83. The molecule has 2 N–H and O–H groups in total. The Morgan fingerprint density at radius 3 is 2.75 bits per heavy atom. The van der Waals surface area contributed by atoms with Crippen LogP contribution in [0.3, 0.4) is 0 Å². The number of nitrogens with two attached hydrogens (primary N) is 1. The van der Waals surface area contributed by atoms with Gasteiger partial charge in [-0.2, -0.15) is 0 Å². The van der Waals surface area contributed by atoms with Gasteiger partial charge in [-0.05, 0) is 36.8 Å². The predicted molar refractivity (Wildman–Crippen MR) is 91.0 cm³/mol. The van der Waals surface area contributed by atoms with Gasteiger partial charge >= 0.3 is 5.97 Å². The number of aromatic nitrogens is 2. The number of methoxy groups -OCH3 is 1. The van der Waals surface area contributed by atoms with E-state index in [1.54, 1.807) is 26.3 Å². The molecule has 0 atom stereocenters. The van der Waals surface area contributed by atoms with Crippen LogP contribution >= 0.6 is 0 Å². The van der Waals surface area contributed by atoms with E-state index in [4.69, 9.17) is 15.2 Å². The van der Waals surface area contributed by atoms with Gasteiger partial charge in [0.2, 0.25) is 5.88 Å². The van der Waals surface area contributed by atoms with Crippen LogP contribution < -0.4 is 10.5 Å². The molecule has 0 fully saturated rings. The highest BCUT2D eigenvalue weighted by Crippen LogP contribution is 2.29.